The van der Waals surface area contributed by atoms with E-state index in [-0.39, 0.29) is 0 Å². The van der Waals surface area contributed by atoms with Gasteiger partial charge in [-0.1, -0.05) is 5.57 Å². The quantitative estimate of drug-likeness (QED) is 0.674. The first kappa shape index (κ1) is 8.08. The monoisotopic (exact) mass is 152 g/mol. The Morgan fingerprint density at radius 3 is 3.00 bits per heavy atom. The molecule has 0 radical (unpaired) electrons. The molecule has 0 fully saturated rings. The van der Waals surface area contributed by atoms with E-state index in [0.29, 0.717) is 12.2 Å². The fourth-order valence-electron chi connectivity index (χ4n) is 0.912. The van der Waals surface area contributed by atoms with Crippen LogP contribution in [0.1, 0.15) is 25.2 Å². The van der Waals surface area contributed by atoms with E-state index < -0.39 is 6.10 Å². The molecule has 0 aliphatic carbocycles. The van der Waals surface area contributed by atoms with Crippen LogP contribution in [0.3, 0.4) is 0 Å². The first-order chi connectivity index (χ1) is 5.20. The molecule has 60 valence electrons. The Morgan fingerprint density at radius 1 is 1.82 bits per heavy atom. The van der Waals surface area contributed by atoms with Crippen LogP contribution in [0.2, 0.25) is 0 Å². The maximum absolute atomic E-state index is 9.43. The minimum Gasteiger partial charge on any atom is -0.467 e. The summed E-state index contributed by atoms with van der Waals surface area (Å²) in [6, 6.07) is 3.52. The summed E-state index contributed by atoms with van der Waals surface area (Å²) in [7, 11) is 0. The zero-order chi connectivity index (χ0) is 8.27. The fourth-order valence-corrected chi connectivity index (χ4v) is 0.912. The van der Waals surface area contributed by atoms with Crippen molar-refractivity contribution < 1.29 is 9.52 Å². The van der Waals surface area contributed by atoms with Crippen molar-refractivity contribution >= 4 is 0 Å². The lowest BCUT2D eigenvalue weighted by Crippen LogP contribution is -1.94. The normalized spacial score (nSPS) is 12.9. The molecule has 0 aliphatic heterocycles. The van der Waals surface area contributed by atoms with Gasteiger partial charge in [-0.3, -0.25) is 0 Å². The molecule has 0 aliphatic rings. The molecular weight excluding hydrogens is 140 g/mol. The van der Waals surface area contributed by atoms with Crippen LogP contribution in [0.15, 0.2) is 35.0 Å². The maximum Gasteiger partial charge on any atom is 0.132 e. The van der Waals surface area contributed by atoms with E-state index in [0.717, 1.165) is 5.57 Å². The van der Waals surface area contributed by atoms with Crippen LogP contribution < -0.4 is 0 Å². The molecule has 0 spiro atoms. The molecule has 0 bridgehead atoms. The molecule has 11 heavy (non-hydrogen) atoms. The van der Waals surface area contributed by atoms with Gasteiger partial charge in [-0.2, -0.15) is 0 Å². The summed E-state index contributed by atoms with van der Waals surface area (Å²) in [5, 5.41) is 9.43. The van der Waals surface area contributed by atoms with E-state index in [9.17, 15) is 5.11 Å². The number of hydrogen-bond donors (Lipinski definition) is 1. The molecule has 1 heterocycles. The summed E-state index contributed by atoms with van der Waals surface area (Å²) in [6.07, 6.45) is 1.58. The Balaban J connectivity index is 2.56. The Morgan fingerprint density at radius 2 is 2.55 bits per heavy atom. The summed E-state index contributed by atoms with van der Waals surface area (Å²) >= 11 is 0. The molecular formula is C9H12O2. The Labute approximate surface area is 66.2 Å². The fraction of sp³-hybridized carbons (Fsp3) is 0.333. The standard InChI is InChI=1S/C9H12O2/c1-7(2)6-8(10)9-4-3-5-11-9/h3-5,8,10H,1,6H2,2H3/t8-/m0/s1. The molecule has 0 saturated heterocycles. The average molecular weight is 152 g/mol. The molecule has 1 N–H and O–H groups in total. The van der Waals surface area contributed by atoms with Gasteiger partial charge >= 0.3 is 0 Å². The van der Waals surface area contributed by atoms with Gasteiger partial charge in [0.25, 0.3) is 0 Å². The first-order valence-electron chi connectivity index (χ1n) is 3.56. The van der Waals surface area contributed by atoms with Crippen molar-refractivity contribution in [3.05, 3.63) is 36.3 Å². The van der Waals surface area contributed by atoms with Gasteiger partial charge in [0.15, 0.2) is 0 Å². The minimum atomic E-state index is -0.539. The molecule has 2 heteroatoms. The lowest BCUT2D eigenvalue weighted by molar-refractivity contribution is 0.150. The zero-order valence-corrected chi connectivity index (χ0v) is 6.58. The summed E-state index contributed by atoms with van der Waals surface area (Å²) in [5.41, 5.74) is 0.953. The molecule has 0 saturated carbocycles. The largest absolute Gasteiger partial charge is 0.467 e. The van der Waals surface area contributed by atoms with Crippen molar-refractivity contribution in [1.29, 1.82) is 0 Å². The van der Waals surface area contributed by atoms with Gasteiger partial charge in [-0.15, -0.1) is 6.58 Å². The molecule has 0 unspecified atom stereocenters. The Hall–Kier alpha value is -1.02. The third-order valence-corrected chi connectivity index (χ3v) is 1.41. The highest BCUT2D eigenvalue weighted by Gasteiger charge is 2.09. The second-order valence-corrected chi connectivity index (χ2v) is 2.69. The van der Waals surface area contributed by atoms with Crippen LogP contribution in [0.4, 0.5) is 0 Å². The van der Waals surface area contributed by atoms with Crippen molar-refractivity contribution in [3.63, 3.8) is 0 Å². The van der Waals surface area contributed by atoms with Crippen LogP contribution in [-0.4, -0.2) is 5.11 Å². The van der Waals surface area contributed by atoms with Crippen LogP contribution in [0.5, 0.6) is 0 Å². The van der Waals surface area contributed by atoms with Gasteiger partial charge in [-0.05, 0) is 19.1 Å². The summed E-state index contributed by atoms with van der Waals surface area (Å²) in [6.45, 7) is 5.58. The van der Waals surface area contributed by atoms with Gasteiger partial charge in [-0.25, -0.2) is 0 Å². The number of furan rings is 1. The van der Waals surface area contributed by atoms with Crippen LogP contribution in [0.25, 0.3) is 0 Å². The van der Waals surface area contributed by atoms with Crippen LogP contribution >= 0.6 is 0 Å². The highest BCUT2D eigenvalue weighted by atomic mass is 16.4. The van der Waals surface area contributed by atoms with Crippen LogP contribution in [0, 0.1) is 0 Å². The number of aliphatic hydroxyl groups excluding tert-OH is 1. The van der Waals surface area contributed by atoms with Crippen molar-refractivity contribution in [2.24, 2.45) is 0 Å². The number of aliphatic hydroxyl groups is 1. The lowest BCUT2D eigenvalue weighted by Gasteiger charge is -2.05. The third kappa shape index (κ3) is 2.24. The van der Waals surface area contributed by atoms with Crippen LogP contribution in [-0.2, 0) is 0 Å². The van der Waals surface area contributed by atoms with E-state index >= 15 is 0 Å². The molecule has 0 amide bonds. The lowest BCUT2D eigenvalue weighted by atomic mass is 10.1. The van der Waals surface area contributed by atoms with Gasteiger partial charge < -0.3 is 9.52 Å². The van der Waals surface area contributed by atoms with Crippen molar-refractivity contribution in [1.82, 2.24) is 0 Å². The summed E-state index contributed by atoms with van der Waals surface area (Å²) < 4.78 is 5.01. The van der Waals surface area contributed by atoms with E-state index in [4.69, 9.17) is 4.42 Å². The highest BCUT2D eigenvalue weighted by molar-refractivity contribution is 5.05. The average Bonchev–Trinajstić information content (AvgIpc) is 2.35. The van der Waals surface area contributed by atoms with E-state index in [1.165, 1.54) is 0 Å². The Kier molecular flexibility index (Phi) is 2.49. The van der Waals surface area contributed by atoms with E-state index in [2.05, 4.69) is 6.58 Å². The van der Waals surface area contributed by atoms with Gasteiger partial charge in [0.1, 0.15) is 11.9 Å². The molecule has 0 aromatic carbocycles. The topological polar surface area (TPSA) is 33.4 Å². The zero-order valence-electron chi connectivity index (χ0n) is 6.58. The highest BCUT2D eigenvalue weighted by Crippen LogP contribution is 2.19. The predicted molar refractivity (Wildman–Crippen MR) is 43.1 cm³/mol. The van der Waals surface area contributed by atoms with Crippen molar-refractivity contribution in [3.8, 4) is 0 Å². The van der Waals surface area contributed by atoms with Gasteiger partial charge in [0.2, 0.25) is 0 Å². The SMILES string of the molecule is C=C(C)C[C@H](O)c1ccco1. The summed E-state index contributed by atoms with van der Waals surface area (Å²) in [4.78, 5) is 0. The second-order valence-electron chi connectivity index (χ2n) is 2.69. The minimum absolute atomic E-state index is 0.539. The summed E-state index contributed by atoms with van der Waals surface area (Å²) in [5.74, 6) is 0.605. The van der Waals surface area contributed by atoms with Crippen molar-refractivity contribution in [2.75, 3.05) is 0 Å². The third-order valence-electron chi connectivity index (χ3n) is 1.41. The first-order valence-corrected chi connectivity index (χ1v) is 3.56. The molecule has 2 nitrogen and oxygen atoms in total. The molecule has 1 rings (SSSR count). The molecule has 1 aromatic rings. The van der Waals surface area contributed by atoms with E-state index in [1.807, 2.05) is 6.92 Å². The maximum atomic E-state index is 9.43. The molecule has 1 aromatic heterocycles. The van der Waals surface area contributed by atoms with Crippen molar-refractivity contribution in [2.45, 2.75) is 19.4 Å². The second kappa shape index (κ2) is 3.39. The Bertz CT molecular complexity index is 224. The van der Waals surface area contributed by atoms with Gasteiger partial charge in [0.05, 0.1) is 6.26 Å². The number of rotatable bonds is 3. The molecule has 1 atom stereocenters. The smallest absolute Gasteiger partial charge is 0.132 e. The van der Waals surface area contributed by atoms with Gasteiger partial charge in [0, 0.05) is 6.42 Å². The van der Waals surface area contributed by atoms with E-state index in [1.54, 1.807) is 18.4 Å². The predicted octanol–water partition coefficient (Wildman–Crippen LogP) is 2.28. The number of hydrogen-bond acceptors (Lipinski definition) is 2.